The Balaban J connectivity index is 2.06. The molecular formula is C7H14N4S. The van der Waals surface area contributed by atoms with E-state index in [2.05, 4.69) is 27.1 Å². The summed E-state index contributed by atoms with van der Waals surface area (Å²) in [6.45, 7) is 1.10. The van der Waals surface area contributed by atoms with Gasteiger partial charge in [0, 0.05) is 30.6 Å². The van der Waals surface area contributed by atoms with Gasteiger partial charge in [-0.05, 0) is 6.42 Å². The third kappa shape index (κ3) is 1.17. The number of guanidine groups is 1. The van der Waals surface area contributed by atoms with Crippen molar-refractivity contribution in [3.05, 3.63) is 0 Å². The number of fused-ring (bicyclic) bond motifs is 2. The highest BCUT2D eigenvalue weighted by atomic mass is 32.2. The number of aliphatic imine (C=N–C) groups is 1. The minimum atomic E-state index is 0.662. The van der Waals surface area contributed by atoms with Crippen LogP contribution in [0, 0.1) is 0 Å². The fourth-order valence-corrected chi connectivity index (χ4v) is 3.37. The monoisotopic (exact) mass is 186 g/mol. The van der Waals surface area contributed by atoms with Crippen molar-refractivity contribution >= 4 is 17.7 Å². The lowest BCUT2D eigenvalue weighted by atomic mass is 10.2. The Morgan fingerprint density at radius 2 is 2.58 bits per heavy atom. The number of nitrogens with zero attached hydrogens (tertiary/aromatic N) is 2. The van der Waals surface area contributed by atoms with Gasteiger partial charge in [-0.3, -0.25) is 10.4 Å². The number of hydrazine groups is 1. The van der Waals surface area contributed by atoms with Gasteiger partial charge in [0.1, 0.15) is 0 Å². The van der Waals surface area contributed by atoms with Crippen LogP contribution in [0.25, 0.3) is 0 Å². The molecule has 0 aromatic rings. The predicted molar refractivity (Wildman–Crippen MR) is 52.0 cm³/mol. The van der Waals surface area contributed by atoms with Gasteiger partial charge < -0.3 is 4.90 Å². The molecule has 3 N–H and O–H groups in total. The Morgan fingerprint density at radius 1 is 1.75 bits per heavy atom. The van der Waals surface area contributed by atoms with Crippen molar-refractivity contribution in [2.24, 2.45) is 10.8 Å². The summed E-state index contributed by atoms with van der Waals surface area (Å²) < 4.78 is 0. The number of nitrogens with two attached hydrogens (primary N) is 1. The molecule has 2 heterocycles. The highest BCUT2D eigenvalue weighted by Gasteiger charge is 2.39. The quantitative estimate of drug-likeness (QED) is 0.234. The summed E-state index contributed by atoms with van der Waals surface area (Å²) in [6, 6.07) is 0.662. The summed E-state index contributed by atoms with van der Waals surface area (Å²) in [5.74, 6) is 7.43. The van der Waals surface area contributed by atoms with E-state index < -0.39 is 0 Å². The molecule has 2 fully saturated rings. The number of nitrogens with one attached hydrogen (secondary N) is 1. The van der Waals surface area contributed by atoms with Crippen molar-refractivity contribution in [3.63, 3.8) is 0 Å². The maximum absolute atomic E-state index is 5.37. The van der Waals surface area contributed by atoms with Crippen LogP contribution >= 0.6 is 11.8 Å². The molecular weight excluding hydrogens is 172 g/mol. The van der Waals surface area contributed by atoms with Crippen molar-refractivity contribution in [3.8, 4) is 0 Å². The molecule has 2 bridgehead atoms. The predicted octanol–water partition coefficient (Wildman–Crippen LogP) is -0.375. The van der Waals surface area contributed by atoms with Crippen LogP contribution < -0.4 is 11.3 Å². The van der Waals surface area contributed by atoms with Gasteiger partial charge >= 0.3 is 0 Å². The smallest absolute Gasteiger partial charge is 0.208 e. The van der Waals surface area contributed by atoms with E-state index in [0.29, 0.717) is 6.04 Å². The van der Waals surface area contributed by atoms with E-state index in [-0.39, 0.29) is 0 Å². The van der Waals surface area contributed by atoms with Crippen molar-refractivity contribution in [1.29, 1.82) is 0 Å². The molecule has 4 nitrogen and oxygen atoms in total. The lowest BCUT2D eigenvalue weighted by molar-refractivity contribution is 0.401. The second-order valence-corrected chi connectivity index (χ2v) is 4.52. The van der Waals surface area contributed by atoms with Crippen LogP contribution in [0.2, 0.25) is 0 Å². The van der Waals surface area contributed by atoms with Gasteiger partial charge in [-0.25, -0.2) is 5.84 Å². The van der Waals surface area contributed by atoms with E-state index in [9.17, 15) is 0 Å². The van der Waals surface area contributed by atoms with Gasteiger partial charge in [-0.15, -0.1) is 0 Å². The van der Waals surface area contributed by atoms with Crippen molar-refractivity contribution in [2.45, 2.75) is 17.7 Å². The Labute approximate surface area is 76.6 Å². The summed E-state index contributed by atoms with van der Waals surface area (Å²) in [5, 5.41) is 0.806. The molecule has 2 atom stereocenters. The van der Waals surface area contributed by atoms with Gasteiger partial charge in [-0.2, -0.15) is 11.8 Å². The van der Waals surface area contributed by atoms with Crippen molar-refractivity contribution < 1.29 is 0 Å². The van der Waals surface area contributed by atoms with E-state index in [1.165, 1.54) is 12.2 Å². The number of hydrogen-bond donors (Lipinski definition) is 2. The molecule has 0 saturated carbocycles. The zero-order valence-electron chi connectivity index (χ0n) is 7.16. The molecule has 0 aromatic carbocycles. The van der Waals surface area contributed by atoms with Gasteiger partial charge in [0.15, 0.2) is 0 Å². The average Bonchev–Trinajstić information content (AvgIpc) is 2.67. The summed E-state index contributed by atoms with van der Waals surface area (Å²) in [4.78, 5) is 6.38. The van der Waals surface area contributed by atoms with E-state index in [4.69, 9.17) is 5.84 Å². The van der Waals surface area contributed by atoms with Gasteiger partial charge in [-0.1, -0.05) is 0 Å². The normalized spacial score (nSPS) is 34.5. The first-order valence-electron chi connectivity index (χ1n) is 4.16. The molecule has 2 unspecified atom stereocenters. The fraction of sp³-hybridized carbons (Fsp3) is 0.857. The highest BCUT2D eigenvalue weighted by molar-refractivity contribution is 8.00. The molecule has 2 saturated heterocycles. The van der Waals surface area contributed by atoms with Crippen LogP contribution in [-0.4, -0.2) is 41.5 Å². The summed E-state index contributed by atoms with van der Waals surface area (Å²) >= 11 is 2.07. The van der Waals surface area contributed by atoms with Crippen LogP contribution in [0.15, 0.2) is 4.99 Å². The highest BCUT2D eigenvalue weighted by Crippen LogP contribution is 2.37. The molecule has 2 aliphatic rings. The largest absolute Gasteiger partial charge is 0.337 e. The summed E-state index contributed by atoms with van der Waals surface area (Å²) in [7, 11) is 1.77. The van der Waals surface area contributed by atoms with Crippen LogP contribution in [0.1, 0.15) is 6.42 Å². The van der Waals surface area contributed by atoms with Gasteiger partial charge in [0.05, 0.1) is 0 Å². The molecule has 0 amide bonds. The minimum absolute atomic E-state index is 0.662. The summed E-state index contributed by atoms with van der Waals surface area (Å²) in [5.41, 5.74) is 2.65. The standard InChI is InChI=1S/C7H14N4S/c1-9-7(10-8)11-3-6-2-5(11)4-12-6/h5-6H,2-4,8H2,1H3,(H,9,10). The van der Waals surface area contributed by atoms with Gasteiger partial charge in [0.2, 0.25) is 5.96 Å². The first kappa shape index (κ1) is 8.19. The molecule has 0 spiro atoms. The second-order valence-electron chi connectivity index (χ2n) is 3.19. The Morgan fingerprint density at radius 3 is 3.00 bits per heavy atom. The SMILES string of the molecule is CN=C(NN)N1CC2CC1CS2. The maximum Gasteiger partial charge on any atom is 0.208 e. The maximum atomic E-state index is 5.37. The van der Waals surface area contributed by atoms with Crippen LogP contribution in [0.4, 0.5) is 0 Å². The van der Waals surface area contributed by atoms with Crippen molar-refractivity contribution in [2.75, 3.05) is 19.3 Å². The lowest BCUT2D eigenvalue weighted by Gasteiger charge is -2.28. The first-order chi connectivity index (χ1) is 5.85. The third-order valence-electron chi connectivity index (χ3n) is 2.51. The molecule has 0 aromatic heterocycles. The zero-order chi connectivity index (χ0) is 8.55. The third-order valence-corrected chi connectivity index (χ3v) is 3.90. The number of thioether (sulfide) groups is 1. The molecule has 0 aliphatic carbocycles. The lowest BCUT2D eigenvalue weighted by Crippen LogP contribution is -2.48. The zero-order valence-corrected chi connectivity index (χ0v) is 7.97. The fourth-order valence-electron chi connectivity index (χ4n) is 1.93. The van der Waals surface area contributed by atoms with Gasteiger partial charge in [0.25, 0.3) is 0 Å². The Kier molecular flexibility index (Phi) is 2.14. The summed E-state index contributed by atoms with van der Waals surface area (Å²) in [6.07, 6.45) is 1.30. The molecule has 12 heavy (non-hydrogen) atoms. The van der Waals surface area contributed by atoms with E-state index >= 15 is 0 Å². The van der Waals surface area contributed by atoms with E-state index in [0.717, 1.165) is 17.8 Å². The average molecular weight is 186 g/mol. The number of hydrogen-bond acceptors (Lipinski definition) is 3. The van der Waals surface area contributed by atoms with Crippen LogP contribution in [0.5, 0.6) is 0 Å². The molecule has 68 valence electrons. The molecule has 2 aliphatic heterocycles. The number of rotatable bonds is 0. The Hall–Kier alpha value is -0.420. The molecule has 2 rings (SSSR count). The number of likely N-dealkylation sites (tertiary alicyclic amines) is 1. The molecule has 0 radical (unpaired) electrons. The van der Waals surface area contributed by atoms with Crippen LogP contribution in [0.3, 0.4) is 0 Å². The minimum Gasteiger partial charge on any atom is -0.337 e. The second kappa shape index (κ2) is 3.14. The topological polar surface area (TPSA) is 53.6 Å². The molecule has 5 heteroatoms. The van der Waals surface area contributed by atoms with E-state index in [1.54, 1.807) is 7.05 Å². The first-order valence-corrected chi connectivity index (χ1v) is 5.21. The van der Waals surface area contributed by atoms with Crippen molar-refractivity contribution in [1.82, 2.24) is 10.3 Å². The van der Waals surface area contributed by atoms with E-state index in [1.807, 2.05) is 0 Å². The Bertz CT molecular complexity index is 206. The van der Waals surface area contributed by atoms with Crippen LogP contribution in [-0.2, 0) is 0 Å².